The second-order valence-corrected chi connectivity index (χ2v) is 12.4. The Hall–Kier alpha value is -3.58. The highest BCUT2D eigenvalue weighted by atomic mass is 35.5. The summed E-state index contributed by atoms with van der Waals surface area (Å²) >= 11 is 6.01. The molecule has 2 atom stereocenters. The summed E-state index contributed by atoms with van der Waals surface area (Å²) in [4.78, 5) is 12.1. The average Bonchev–Trinajstić information content (AvgIpc) is 3.28. The maximum Gasteiger partial charge on any atom is 0.499 e. The molecule has 0 aliphatic carbocycles. The van der Waals surface area contributed by atoms with Crippen LogP contribution in [-0.4, -0.2) is 53.1 Å². The molecule has 0 radical (unpaired) electrons. The maximum atomic E-state index is 12.7. The van der Waals surface area contributed by atoms with Crippen molar-refractivity contribution >= 4 is 44.0 Å². The molecule has 0 saturated carbocycles. The Morgan fingerprint density at radius 3 is 2.45 bits per heavy atom. The molecule has 4 rings (SSSR count). The Kier molecular flexibility index (Phi) is 9.51. The van der Waals surface area contributed by atoms with Crippen LogP contribution in [0.3, 0.4) is 0 Å². The summed E-state index contributed by atoms with van der Waals surface area (Å²) in [5.74, 6) is -2.47. The van der Waals surface area contributed by atoms with Gasteiger partial charge in [0.15, 0.2) is 0 Å². The van der Waals surface area contributed by atoms with Crippen LogP contribution in [0.1, 0.15) is 40.2 Å². The van der Waals surface area contributed by atoms with E-state index < -0.39 is 33.3 Å². The van der Waals surface area contributed by atoms with Crippen molar-refractivity contribution in [3.63, 3.8) is 0 Å². The molecule has 0 spiro atoms. The Morgan fingerprint density at radius 1 is 1.02 bits per heavy atom. The van der Waals surface area contributed by atoms with Crippen molar-refractivity contribution in [3.05, 3.63) is 100 Å². The number of carboxylic acid groups (broad SMARTS) is 1. The van der Waals surface area contributed by atoms with Crippen molar-refractivity contribution in [1.29, 1.82) is 0 Å². The zero-order valence-corrected chi connectivity index (χ0v) is 24.0. The van der Waals surface area contributed by atoms with Crippen molar-refractivity contribution in [1.82, 2.24) is 9.88 Å². The van der Waals surface area contributed by atoms with E-state index in [0.29, 0.717) is 40.0 Å². The van der Waals surface area contributed by atoms with Gasteiger partial charge in [0.1, 0.15) is 11.6 Å². The first kappa shape index (κ1) is 31.4. The molecule has 1 aromatic heterocycles. The monoisotopic (exact) mass is 623 g/mol. The zero-order valence-electron chi connectivity index (χ0n) is 22.4. The molecular weight excluding hydrogens is 595 g/mol. The standard InChI is InChI=1S/C29H29ClF3N3O5S/c1-18(34-15-27(37)21-5-3-6-23(30)13-21)10-19-8-9-25-22(11-19)14-26(28(38)39)36(25)16-20-4-2-7-24(12-20)35-17-42(40,41)29(31,32)33/h2-9,11-14,18,27,34-35,37H,10,15-17H2,1H3,(H,38,39). The van der Waals surface area contributed by atoms with Crippen LogP contribution in [0.5, 0.6) is 0 Å². The van der Waals surface area contributed by atoms with Crippen LogP contribution in [0, 0.1) is 0 Å². The minimum Gasteiger partial charge on any atom is -0.477 e. The molecule has 2 unspecified atom stereocenters. The maximum absolute atomic E-state index is 12.7. The highest BCUT2D eigenvalue weighted by Crippen LogP contribution is 2.26. The van der Waals surface area contributed by atoms with Crippen LogP contribution in [0.4, 0.5) is 18.9 Å². The number of hydrogen-bond acceptors (Lipinski definition) is 6. The first-order valence-corrected chi connectivity index (χ1v) is 14.9. The number of aromatic carboxylic acids is 1. The van der Waals surface area contributed by atoms with E-state index in [9.17, 15) is 36.6 Å². The van der Waals surface area contributed by atoms with Crippen molar-refractivity contribution in [2.24, 2.45) is 0 Å². The quantitative estimate of drug-likeness (QED) is 0.162. The van der Waals surface area contributed by atoms with Gasteiger partial charge in [-0.2, -0.15) is 13.2 Å². The molecule has 8 nitrogen and oxygen atoms in total. The Balaban J connectivity index is 1.47. The van der Waals surface area contributed by atoms with E-state index >= 15 is 0 Å². The number of aliphatic hydroxyl groups is 1. The van der Waals surface area contributed by atoms with Crippen LogP contribution in [0.15, 0.2) is 72.8 Å². The number of aliphatic hydroxyl groups excluding tert-OH is 1. The minimum atomic E-state index is -5.37. The largest absolute Gasteiger partial charge is 0.499 e. The summed E-state index contributed by atoms with van der Waals surface area (Å²) < 4.78 is 62.4. The van der Waals surface area contributed by atoms with Crippen molar-refractivity contribution in [3.8, 4) is 0 Å². The number of hydrogen-bond donors (Lipinski definition) is 4. The van der Waals surface area contributed by atoms with Crippen molar-refractivity contribution < 1.29 is 36.6 Å². The van der Waals surface area contributed by atoms with Crippen LogP contribution in [0.2, 0.25) is 5.02 Å². The number of nitrogens with one attached hydrogen (secondary N) is 2. The average molecular weight is 624 g/mol. The summed E-state index contributed by atoms with van der Waals surface area (Å²) in [6.07, 6.45) is -0.121. The van der Waals surface area contributed by atoms with Crippen LogP contribution >= 0.6 is 11.6 Å². The summed E-state index contributed by atoms with van der Waals surface area (Å²) in [6.45, 7) is 2.38. The van der Waals surface area contributed by atoms with Gasteiger partial charge in [0.05, 0.1) is 6.10 Å². The number of carboxylic acids is 1. The Labute approximate surface area is 245 Å². The van der Waals surface area contributed by atoms with Gasteiger partial charge in [-0.1, -0.05) is 41.9 Å². The highest BCUT2D eigenvalue weighted by Gasteiger charge is 2.45. The number of benzene rings is 3. The second-order valence-electron chi connectivity index (χ2n) is 9.98. The molecule has 224 valence electrons. The van der Waals surface area contributed by atoms with E-state index in [-0.39, 0.29) is 24.0 Å². The predicted molar refractivity (Wildman–Crippen MR) is 155 cm³/mol. The van der Waals surface area contributed by atoms with E-state index in [1.54, 1.807) is 47.0 Å². The molecular formula is C29H29ClF3N3O5S. The van der Waals surface area contributed by atoms with Gasteiger partial charge in [-0.15, -0.1) is 0 Å². The third kappa shape index (κ3) is 7.62. The molecule has 4 N–H and O–H groups in total. The highest BCUT2D eigenvalue weighted by molar-refractivity contribution is 7.92. The number of alkyl halides is 3. The van der Waals surface area contributed by atoms with Gasteiger partial charge in [-0.3, -0.25) is 0 Å². The number of sulfone groups is 1. The van der Waals surface area contributed by atoms with Gasteiger partial charge in [0, 0.05) is 40.7 Å². The number of carbonyl (C=O) groups is 1. The molecule has 4 aromatic rings. The van der Waals surface area contributed by atoms with Crippen LogP contribution in [0.25, 0.3) is 10.9 Å². The molecule has 0 saturated heterocycles. The molecule has 42 heavy (non-hydrogen) atoms. The van der Waals surface area contributed by atoms with Crippen LogP contribution < -0.4 is 10.6 Å². The SMILES string of the molecule is CC(Cc1ccc2c(c1)cc(C(=O)O)n2Cc1cccc(NCS(=O)(=O)C(F)(F)F)c1)NCC(O)c1cccc(Cl)c1. The number of nitrogens with zero attached hydrogens (tertiary/aromatic N) is 1. The van der Waals surface area contributed by atoms with Gasteiger partial charge < -0.3 is 25.4 Å². The Bertz CT molecular complexity index is 1690. The lowest BCUT2D eigenvalue weighted by Crippen LogP contribution is -2.32. The normalized spacial score (nSPS) is 13.7. The van der Waals surface area contributed by atoms with Gasteiger partial charge >= 0.3 is 11.5 Å². The zero-order chi connectivity index (χ0) is 30.7. The van der Waals surface area contributed by atoms with Gasteiger partial charge in [-0.05, 0) is 72.5 Å². The fourth-order valence-electron chi connectivity index (χ4n) is 4.59. The molecule has 3 aromatic carbocycles. The Morgan fingerprint density at radius 2 is 1.76 bits per heavy atom. The molecule has 0 fully saturated rings. The van der Waals surface area contributed by atoms with E-state index in [1.165, 1.54) is 12.1 Å². The first-order chi connectivity index (χ1) is 19.7. The third-order valence-electron chi connectivity index (χ3n) is 6.71. The number of fused-ring (bicyclic) bond motifs is 1. The molecule has 13 heteroatoms. The van der Waals surface area contributed by atoms with Gasteiger partial charge in [0.25, 0.3) is 9.84 Å². The second kappa shape index (κ2) is 12.7. The minimum absolute atomic E-state index is 0.00582. The fourth-order valence-corrected chi connectivity index (χ4v) is 5.31. The van der Waals surface area contributed by atoms with Crippen molar-refractivity contribution in [2.75, 3.05) is 17.7 Å². The molecule has 1 heterocycles. The molecule has 0 aliphatic rings. The van der Waals surface area contributed by atoms with E-state index in [4.69, 9.17) is 11.6 Å². The summed E-state index contributed by atoms with van der Waals surface area (Å²) in [5.41, 5.74) is -2.34. The van der Waals surface area contributed by atoms with E-state index in [2.05, 4.69) is 10.6 Å². The van der Waals surface area contributed by atoms with Gasteiger partial charge in [0.2, 0.25) is 0 Å². The summed E-state index contributed by atoms with van der Waals surface area (Å²) in [6, 6.07) is 20.3. The van der Waals surface area contributed by atoms with Crippen molar-refractivity contribution in [2.45, 2.75) is 37.5 Å². The lowest BCUT2D eigenvalue weighted by molar-refractivity contribution is -0.0433. The van der Waals surface area contributed by atoms with E-state index in [0.717, 1.165) is 5.56 Å². The summed E-state index contributed by atoms with van der Waals surface area (Å²) in [5, 5.41) is 27.1. The lowest BCUT2D eigenvalue weighted by Gasteiger charge is -2.18. The molecule has 0 bridgehead atoms. The van der Waals surface area contributed by atoms with E-state index in [1.807, 2.05) is 25.1 Å². The first-order valence-electron chi connectivity index (χ1n) is 12.9. The summed E-state index contributed by atoms with van der Waals surface area (Å²) in [7, 11) is -5.36. The number of aromatic nitrogens is 1. The third-order valence-corrected chi connectivity index (χ3v) is 8.17. The van der Waals surface area contributed by atoms with Gasteiger partial charge in [-0.25, -0.2) is 13.2 Å². The fraction of sp³-hybridized carbons (Fsp3) is 0.276. The number of anilines is 1. The number of halogens is 4. The van der Waals surface area contributed by atoms with Crippen LogP contribution in [-0.2, 0) is 22.8 Å². The topological polar surface area (TPSA) is 121 Å². The molecule has 0 amide bonds. The molecule has 0 aliphatic heterocycles. The number of rotatable bonds is 12. The predicted octanol–water partition coefficient (Wildman–Crippen LogP) is 5.60. The smallest absolute Gasteiger partial charge is 0.477 e. The lowest BCUT2D eigenvalue weighted by atomic mass is 10.0.